The van der Waals surface area contributed by atoms with Crippen LogP contribution in [-0.2, 0) is 18.4 Å². The average Bonchev–Trinajstić information content (AvgIpc) is 3.24. The van der Waals surface area contributed by atoms with Gasteiger partial charge in [0, 0.05) is 7.05 Å². The normalized spacial score (nSPS) is 10.7. The van der Waals surface area contributed by atoms with Gasteiger partial charge in [0.15, 0.2) is 11.0 Å². The summed E-state index contributed by atoms with van der Waals surface area (Å²) in [5.41, 5.74) is 3.77. The number of carbonyl (C=O) groups is 1. The fourth-order valence-corrected chi connectivity index (χ4v) is 3.31. The number of carbonyl (C=O) groups excluding carboxylic acids is 1. The van der Waals surface area contributed by atoms with Gasteiger partial charge in [-0.05, 0) is 31.0 Å². The van der Waals surface area contributed by atoms with E-state index < -0.39 is 0 Å². The van der Waals surface area contributed by atoms with Crippen LogP contribution < -0.4 is 10.1 Å². The van der Waals surface area contributed by atoms with Crippen LogP contribution in [0, 0.1) is 13.8 Å². The zero-order valence-electron chi connectivity index (χ0n) is 14.6. The summed E-state index contributed by atoms with van der Waals surface area (Å²) in [6.07, 6.45) is 0. The summed E-state index contributed by atoms with van der Waals surface area (Å²) < 4.78 is 7.70. The second kappa shape index (κ2) is 8.28. The molecule has 1 N–H and O–H groups in total. The van der Waals surface area contributed by atoms with E-state index in [1.807, 2.05) is 43.7 Å². The Morgan fingerprint density at radius 3 is 2.92 bits per heavy atom. The Kier molecular flexibility index (Phi) is 5.84. The number of hydrogen-bond acceptors (Lipinski definition) is 8. The second-order valence-corrected chi connectivity index (χ2v) is 7.37. The lowest BCUT2D eigenvalue weighted by molar-refractivity contribution is -0.113. The van der Waals surface area contributed by atoms with Crippen LogP contribution in [0.25, 0.3) is 0 Å². The Morgan fingerprint density at radius 2 is 2.15 bits per heavy atom. The van der Waals surface area contributed by atoms with Crippen molar-refractivity contribution in [3.05, 3.63) is 40.7 Å². The zero-order valence-corrected chi connectivity index (χ0v) is 16.2. The predicted molar refractivity (Wildman–Crippen MR) is 101 cm³/mol. The van der Waals surface area contributed by atoms with Crippen molar-refractivity contribution in [2.24, 2.45) is 7.05 Å². The smallest absolute Gasteiger partial charge is 0.236 e. The summed E-state index contributed by atoms with van der Waals surface area (Å²) in [5, 5.41) is 19.5. The SMILES string of the molecule is Cc1ccc(C)c(OCc2nnc(SCC(=O)Nc3nncs3)n2C)c1. The van der Waals surface area contributed by atoms with Crippen LogP contribution in [0.15, 0.2) is 28.9 Å². The number of benzene rings is 1. The molecule has 1 aromatic carbocycles. The molecule has 3 aromatic rings. The summed E-state index contributed by atoms with van der Waals surface area (Å²) in [5.74, 6) is 1.57. The Balaban J connectivity index is 1.55. The molecule has 2 aromatic heterocycles. The number of aryl methyl sites for hydroxylation is 2. The third-order valence-electron chi connectivity index (χ3n) is 3.56. The van der Waals surface area contributed by atoms with Gasteiger partial charge in [-0.25, -0.2) is 0 Å². The lowest BCUT2D eigenvalue weighted by Gasteiger charge is -2.09. The quantitative estimate of drug-likeness (QED) is 0.620. The first kappa shape index (κ1) is 18.3. The molecule has 2 heterocycles. The van der Waals surface area contributed by atoms with Gasteiger partial charge in [-0.3, -0.25) is 10.1 Å². The summed E-state index contributed by atoms with van der Waals surface area (Å²) in [4.78, 5) is 11.9. The molecule has 8 nitrogen and oxygen atoms in total. The summed E-state index contributed by atoms with van der Waals surface area (Å²) in [7, 11) is 1.85. The minimum Gasteiger partial charge on any atom is -0.485 e. The van der Waals surface area contributed by atoms with Crippen molar-refractivity contribution >= 4 is 34.1 Å². The first-order valence-corrected chi connectivity index (χ1v) is 9.66. The molecule has 26 heavy (non-hydrogen) atoms. The fourth-order valence-electron chi connectivity index (χ4n) is 2.11. The highest BCUT2D eigenvalue weighted by atomic mass is 32.2. The van der Waals surface area contributed by atoms with E-state index in [1.165, 1.54) is 23.1 Å². The van der Waals surface area contributed by atoms with E-state index >= 15 is 0 Å². The number of hydrogen-bond donors (Lipinski definition) is 1. The lowest BCUT2D eigenvalue weighted by Crippen LogP contribution is -2.14. The van der Waals surface area contributed by atoms with Gasteiger partial charge in [0.05, 0.1) is 5.75 Å². The molecular weight excluding hydrogens is 372 g/mol. The van der Waals surface area contributed by atoms with Gasteiger partial charge in [-0.2, -0.15) is 0 Å². The number of rotatable bonds is 7. The van der Waals surface area contributed by atoms with Crippen LogP contribution in [-0.4, -0.2) is 36.6 Å². The fraction of sp³-hybridized carbons (Fsp3) is 0.312. The van der Waals surface area contributed by atoms with Gasteiger partial charge >= 0.3 is 0 Å². The highest BCUT2D eigenvalue weighted by Gasteiger charge is 2.13. The zero-order chi connectivity index (χ0) is 18.5. The van der Waals surface area contributed by atoms with E-state index in [1.54, 1.807) is 5.51 Å². The van der Waals surface area contributed by atoms with Crippen LogP contribution in [0.1, 0.15) is 17.0 Å². The Hall–Kier alpha value is -2.46. The second-order valence-electron chi connectivity index (χ2n) is 5.60. The van der Waals surface area contributed by atoms with Crippen molar-refractivity contribution in [2.45, 2.75) is 25.6 Å². The number of thioether (sulfide) groups is 1. The molecule has 3 rings (SSSR count). The van der Waals surface area contributed by atoms with Gasteiger partial charge in [-0.15, -0.1) is 20.4 Å². The van der Waals surface area contributed by atoms with Crippen LogP contribution in [0.4, 0.5) is 5.13 Å². The highest BCUT2D eigenvalue weighted by Crippen LogP contribution is 2.21. The number of aromatic nitrogens is 5. The number of nitrogens with one attached hydrogen (secondary N) is 1. The molecule has 0 aliphatic rings. The minimum absolute atomic E-state index is 0.164. The highest BCUT2D eigenvalue weighted by molar-refractivity contribution is 7.99. The van der Waals surface area contributed by atoms with E-state index in [9.17, 15) is 4.79 Å². The Morgan fingerprint density at radius 1 is 1.31 bits per heavy atom. The van der Waals surface area contributed by atoms with Crippen molar-refractivity contribution < 1.29 is 9.53 Å². The molecule has 0 spiro atoms. The van der Waals surface area contributed by atoms with Gasteiger partial charge in [0.25, 0.3) is 0 Å². The van der Waals surface area contributed by atoms with Crippen molar-refractivity contribution in [2.75, 3.05) is 11.1 Å². The van der Waals surface area contributed by atoms with Gasteiger partial charge in [0.2, 0.25) is 11.0 Å². The van der Waals surface area contributed by atoms with E-state index in [-0.39, 0.29) is 11.7 Å². The number of nitrogens with zero attached hydrogens (tertiary/aromatic N) is 5. The molecule has 0 bridgehead atoms. The maximum atomic E-state index is 11.9. The molecule has 0 aliphatic heterocycles. The molecule has 1 amide bonds. The third-order valence-corrected chi connectivity index (χ3v) is 5.19. The topological polar surface area (TPSA) is 94.8 Å². The summed E-state index contributed by atoms with van der Waals surface area (Å²) in [6.45, 7) is 4.34. The minimum atomic E-state index is -0.164. The molecule has 0 saturated carbocycles. The maximum Gasteiger partial charge on any atom is 0.236 e. The van der Waals surface area contributed by atoms with E-state index in [2.05, 4.69) is 25.7 Å². The van der Waals surface area contributed by atoms with E-state index in [4.69, 9.17) is 4.74 Å². The molecule has 0 saturated heterocycles. The number of anilines is 1. The number of ether oxygens (including phenoxy) is 1. The first-order valence-electron chi connectivity index (χ1n) is 7.80. The van der Waals surface area contributed by atoms with E-state index in [0.717, 1.165) is 16.9 Å². The van der Waals surface area contributed by atoms with Crippen LogP contribution in [0.3, 0.4) is 0 Å². The molecule has 0 atom stereocenters. The predicted octanol–water partition coefficient (Wildman–Crippen LogP) is 2.59. The van der Waals surface area contributed by atoms with Gasteiger partial charge in [0.1, 0.15) is 17.9 Å². The van der Waals surface area contributed by atoms with Crippen molar-refractivity contribution in [1.29, 1.82) is 0 Å². The van der Waals surface area contributed by atoms with Crippen molar-refractivity contribution in [1.82, 2.24) is 25.0 Å². The van der Waals surface area contributed by atoms with Crippen LogP contribution in [0.5, 0.6) is 5.75 Å². The molecule has 0 radical (unpaired) electrons. The lowest BCUT2D eigenvalue weighted by atomic mass is 10.1. The molecule has 0 unspecified atom stereocenters. The molecule has 0 aliphatic carbocycles. The van der Waals surface area contributed by atoms with Crippen LogP contribution >= 0.6 is 23.1 Å². The molecule has 0 fully saturated rings. The maximum absolute atomic E-state index is 11.9. The Labute approximate surface area is 159 Å². The van der Waals surface area contributed by atoms with Gasteiger partial charge in [-0.1, -0.05) is 35.2 Å². The number of amides is 1. The van der Waals surface area contributed by atoms with Gasteiger partial charge < -0.3 is 9.30 Å². The first-order chi connectivity index (χ1) is 12.5. The third kappa shape index (κ3) is 4.58. The summed E-state index contributed by atoms with van der Waals surface area (Å²) >= 11 is 2.58. The van der Waals surface area contributed by atoms with Crippen molar-refractivity contribution in [3.8, 4) is 5.75 Å². The molecule has 10 heteroatoms. The van der Waals surface area contributed by atoms with Crippen LogP contribution in [0.2, 0.25) is 0 Å². The Bertz CT molecular complexity index is 894. The summed E-state index contributed by atoms with van der Waals surface area (Å²) in [6, 6.07) is 6.07. The standard InChI is InChI=1S/C16H18N6O2S2/c1-10-4-5-11(2)12(6-10)24-7-13-19-21-16(22(13)3)25-8-14(23)18-15-20-17-9-26-15/h4-6,9H,7-8H2,1-3H3,(H,18,20,23). The molecular formula is C16H18N6O2S2. The largest absolute Gasteiger partial charge is 0.485 e. The van der Waals surface area contributed by atoms with Crippen molar-refractivity contribution in [3.63, 3.8) is 0 Å². The van der Waals surface area contributed by atoms with E-state index in [0.29, 0.717) is 22.7 Å². The average molecular weight is 390 g/mol. The molecule has 136 valence electrons. The monoisotopic (exact) mass is 390 g/mol.